The first kappa shape index (κ1) is 20.8. The van der Waals surface area contributed by atoms with E-state index < -0.39 is 17.9 Å². The first-order valence-electron chi connectivity index (χ1n) is 9.22. The van der Waals surface area contributed by atoms with Gasteiger partial charge in [0.05, 0.1) is 11.1 Å². The monoisotopic (exact) mass is 404 g/mol. The standard InChI is InChI=1S/C24H20O6/c1-15-4-6-18(7-5-15)23(26)29-20-10-8-19(9-11-20)24(27)30-21-12-13-22(16(2)14-21)28-17(3)25/h4-14H,1-3H3. The van der Waals surface area contributed by atoms with E-state index in [-0.39, 0.29) is 0 Å². The summed E-state index contributed by atoms with van der Waals surface area (Å²) in [6, 6.07) is 17.8. The molecule has 0 aromatic heterocycles. The number of benzene rings is 3. The summed E-state index contributed by atoms with van der Waals surface area (Å²) in [6.07, 6.45) is 0. The lowest BCUT2D eigenvalue weighted by Crippen LogP contribution is -2.10. The Kier molecular flexibility index (Phi) is 6.27. The molecular weight excluding hydrogens is 384 g/mol. The van der Waals surface area contributed by atoms with Gasteiger partial charge in [-0.15, -0.1) is 0 Å². The minimum absolute atomic E-state index is 0.298. The highest BCUT2D eigenvalue weighted by Crippen LogP contribution is 2.24. The summed E-state index contributed by atoms with van der Waals surface area (Å²) in [6.45, 7) is 4.99. The molecule has 0 aliphatic heterocycles. The van der Waals surface area contributed by atoms with Crippen molar-refractivity contribution in [2.24, 2.45) is 0 Å². The van der Waals surface area contributed by atoms with Crippen LogP contribution in [0.4, 0.5) is 0 Å². The lowest BCUT2D eigenvalue weighted by Gasteiger charge is -2.09. The molecule has 0 atom stereocenters. The number of aryl methyl sites for hydroxylation is 2. The molecule has 0 unspecified atom stereocenters. The molecule has 6 nitrogen and oxygen atoms in total. The molecule has 0 spiro atoms. The van der Waals surface area contributed by atoms with Crippen molar-refractivity contribution in [3.05, 3.63) is 89.0 Å². The number of esters is 3. The van der Waals surface area contributed by atoms with Crippen molar-refractivity contribution in [1.82, 2.24) is 0 Å². The third kappa shape index (κ3) is 5.32. The first-order chi connectivity index (χ1) is 14.3. The fraction of sp³-hybridized carbons (Fsp3) is 0.125. The van der Waals surface area contributed by atoms with Crippen LogP contribution in [0.3, 0.4) is 0 Å². The predicted octanol–water partition coefficient (Wildman–Crippen LogP) is 4.67. The number of hydrogen-bond acceptors (Lipinski definition) is 6. The lowest BCUT2D eigenvalue weighted by atomic mass is 10.1. The van der Waals surface area contributed by atoms with Crippen molar-refractivity contribution in [2.45, 2.75) is 20.8 Å². The van der Waals surface area contributed by atoms with Gasteiger partial charge in [-0.25, -0.2) is 9.59 Å². The molecule has 0 N–H and O–H groups in total. The summed E-state index contributed by atoms with van der Waals surface area (Å²) in [5.74, 6) is -0.422. The molecule has 6 heteroatoms. The smallest absolute Gasteiger partial charge is 0.343 e. The molecule has 0 saturated carbocycles. The Morgan fingerprint density at radius 2 is 1.13 bits per heavy atom. The lowest BCUT2D eigenvalue weighted by molar-refractivity contribution is -0.131. The Morgan fingerprint density at radius 1 is 0.633 bits per heavy atom. The minimum Gasteiger partial charge on any atom is -0.426 e. The third-order valence-electron chi connectivity index (χ3n) is 4.20. The highest BCUT2D eigenvalue weighted by molar-refractivity contribution is 5.92. The predicted molar refractivity (Wildman–Crippen MR) is 110 cm³/mol. The summed E-state index contributed by atoms with van der Waals surface area (Å²) >= 11 is 0. The molecular formula is C24H20O6. The number of carbonyl (C=O) groups is 3. The van der Waals surface area contributed by atoms with Crippen molar-refractivity contribution < 1.29 is 28.6 Å². The van der Waals surface area contributed by atoms with Gasteiger partial charge in [0.2, 0.25) is 0 Å². The minimum atomic E-state index is -0.564. The van der Waals surface area contributed by atoms with E-state index >= 15 is 0 Å². The van der Waals surface area contributed by atoms with E-state index in [9.17, 15) is 14.4 Å². The van der Waals surface area contributed by atoms with E-state index in [1.807, 2.05) is 19.1 Å². The maximum Gasteiger partial charge on any atom is 0.343 e. The molecule has 3 rings (SSSR count). The highest BCUT2D eigenvalue weighted by Gasteiger charge is 2.13. The van der Waals surface area contributed by atoms with Crippen LogP contribution in [0.1, 0.15) is 38.8 Å². The van der Waals surface area contributed by atoms with Gasteiger partial charge in [-0.2, -0.15) is 0 Å². The second-order valence-corrected chi connectivity index (χ2v) is 6.69. The Hall–Kier alpha value is -3.93. The van der Waals surface area contributed by atoms with Gasteiger partial charge < -0.3 is 14.2 Å². The Morgan fingerprint density at radius 3 is 1.67 bits per heavy atom. The zero-order chi connectivity index (χ0) is 21.7. The fourth-order valence-corrected chi connectivity index (χ4v) is 2.64. The Labute approximate surface area is 174 Å². The number of ether oxygens (including phenoxy) is 3. The second-order valence-electron chi connectivity index (χ2n) is 6.69. The van der Waals surface area contributed by atoms with Crippen LogP contribution in [0.15, 0.2) is 66.7 Å². The Bertz CT molecular complexity index is 1080. The van der Waals surface area contributed by atoms with Crippen LogP contribution in [0.2, 0.25) is 0 Å². The summed E-state index contributed by atoms with van der Waals surface area (Å²) in [4.78, 5) is 35.6. The average Bonchev–Trinajstić information content (AvgIpc) is 2.71. The van der Waals surface area contributed by atoms with Crippen molar-refractivity contribution in [3.8, 4) is 17.2 Å². The van der Waals surface area contributed by atoms with E-state index in [4.69, 9.17) is 14.2 Å². The average molecular weight is 404 g/mol. The van der Waals surface area contributed by atoms with Crippen molar-refractivity contribution >= 4 is 17.9 Å². The molecule has 152 valence electrons. The van der Waals surface area contributed by atoms with E-state index in [1.165, 1.54) is 31.2 Å². The Balaban J connectivity index is 1.63. The molecule has 30 heavy (non-hydrogen) atoms. The molecule has 0 bridgehead atoms. The maximum atomic E-state index is 12.4. The van der Waals surface area contributed by atoms with E-state index in [1.54, 1.807) is 37.3 Å². The van der Waals surface area contributed by atoms with Gasteiger partial charge in [-0.05, 0) is 74.0 Å². The molecule has 3 aromatic carbocycles. The van der Waals surface area contributed by atoms with Crippen LogP contribution in [-0.4, -0.2) is 17.9 Å². The summed E-state index contributed by atoms with van der Waals surface area (Å²) < 4.78 is 15.7. The summed E-state index contributed by atoms with van der Waals surface area (Å²) in [5, 5.41) is 0. The van der Waals surface area contributed by atoms with Crippen LogP contribution in [0.5, 0.6) is 17.2 Å². The zero-order valence-corrected chi connectivity index (χ0v) is 16.8. The molecule has 0 aliphatic rings. The van der Waals surface area contributed by atoms with Crippen LogP contribution in [0.25, 0.3) is 0 Å². The molecule has 0 radical (unpaired) electrons. The van der Waals surface area contributed by atoms with Gasteiger partial charge in [0.25, 0.3) is 0 Å². The SMILES string of the molecule is CC(=O)Oc1ccc(OC(=O)c2ccc(OC(=O)c3ccc(C)cc3)cc2)cc1C. The van der Waals surface area contributed by atoms with E-state index in [0.29, 0.717) is 33.9 Å². The van der Waals surface area contributed by atoms with Gasteiger partial charge in [0.1, 0.15) is 17.2 Å². The van der Waals surface area contributed by atoms with Gasteiger partial charge in [-0.3, -0.25) is 4.79 Å². The molecule has 3 aromatic rings. The molecule has 0 fully saturated rings. The van der Waals surface area contributed by atoms with Crippen LogP contribution >= 0.6 is 0 Å². The van der Waals surface area contributed by atoms with Crippen molar-refractivity contribution in [2.75, 3.05) is 0 Å². The first-order valence-corrected chi connectivity index (χ1v) is 9.22. The maximum absolute atomic E-state index is 12.4. The van der Waals surface area contributed by atoms with Gasteiger partial charge in [0, 0.05) is 6.92 Å². The summed E-state index contributed by atoms with van der Waals surface area (Å²) in [5.41, 5.74) is 2.45. The van der Waals surface area contributed by atoms with Crippen LogP contribution < -0.4 is 14.2 Å². The molecule has 0 saturated heterocycles. The summed E-state index contributed by atoms with van der Waals surface area (Å²) in [7, 11) is 0. The quantitative estimate of drug-likeness (QED) is 0.454. The van der Waals surface area contributed by atoms with Gasteiger partial charge in [0.15, 0.2) is 0 Å². The van der Waals surface area contributed by atoms with Crippen molar-refractivity contribution in [1.29, 1.82) is 0 Å². The number of carbonyl (C=O) groups excluding carboxylic acids is 3. The molecule has 0 amide bonds. The van der Waals surface area contributed by atoms with Gasteiger partial charge >= 0.3 is 17.9 Å². The van der Waals surface area contributed by atoms with E-state index in [2.05, 4.69) is 0 Å². The van der Waals surface area contributed by atoms with E-state index in [0.717, 1.165) is 5.56 Å². The highest BCUT2D eigenvalue weighted by atomic mass is 16.5. The number of hydrogen-bond donors (Lipinski definition) is 0. The van der Waals surface area contributed by atoms with Crippen LogP contribution in [-0.2, 0) is 4.79 Å². The zero-order valence-electron chi connectivity index (χ0n) is 16.8. The third-order valence-corrected chi connectivity index (χ3v) is 4.20. The second kappa shape index (κ2) is 9.05. The largest absolute Gasteiger partial charge is 0.426 e. The topological polar surface area (TPSA) is 78.9 Å². The molecule has 0 heterocycles. The van der Waals surface area contributed by atoms with Gasteiger partial charge in [-0.1, -0.05) is 17.7 Å². The fourth-order valence-electron chi connectivity index (χ4n) is 2.64. The van der Waals surface area contributed by atoms with Crippen molar-refractivity contribution in [3.63, 3.8) is 0 Å². The normalized spacial score (nSPS) is 10.2. The van der Waals surface area contributed by atoms with Crippen LogP contribution in [0, 0.1) is 13.8 Å². The molecule has 0 aliphatic carbocycles. The number of rotatable bonds is 5.